The number of rotatable bonds is 9. The molecule has 0 unspecified atom stereocenters. The standard InChI is InChI=1S/C32H28Cl2N4O8/c1-15-21(31(39)29(37(41)42)17(3)27(15)33)13-35-23-9-7-19(11-25(23)45-5)20-8-10-24(26(12-20)46-6)36-14-22-16(2)28(34)18(4)30(32(22)40)38(43)44/h7-14,39-40H,1-6H3. The minimum absolute atomic E-state index is 0.111. The van der Waals surface area contributed by atoms with Gasteiger partial charge < -0.3 is 19.7 Å². The Morgan fingerprint density at radius 2 is 1.02 bits per heavy atom. The summed E-state index contributed by atoms with van der Waals surface area (Å²) in [5.74, 6) is -0.313. The molecule has 0 aliphatic carbocycles. The fourth-order valence-electron chi connectivity index (χ4n) is 4.93. The fourth-order valence-corrected chi connectivity index (χ4v) is 5.31. The van der Waals surface area contributed by atoms with Crippen molar-refractivity contribution in [1.29, 1.82) is 0 Å². The lowest BCUT2D eigenvalue weighted by molar-refractivity contribution is -0.386. The average molecular weight is 668 g/mol. The summed E-state index contributed by atoms with van der Waals surface area (Å²) in [6, 6.07) is 10.4. The SMILES string of the molecule is COc1cc(-c2ccc(N=Cc3c(C)c(Cl)c(C)c([N+](=O)[O-])c3O)c(OC)c2)ccc1N=Cc1c(C)c(Cl)c(C)c([N+](=O)[O-])c1O. The van der Waals surface area contributed by atoms with Crippen LogP contribution in [-0.4, -0.2) is 46.7 Å². The van der Waals surface area contributed by atoms with Gasteiger partial charge in [-0.25, -0.2) is 0 Å². The first-order valence-corrected chi connectivity index (χ1v) is 14.3. The third kappa shape index (κ3) is 6.17. The van der Waals surface area contributed by atoms with Gasteiger partial charge in [-0.3, -0.25) is 30.2 Å². The van der Waals surface area contributed by atoms with Crippen molar-refractivity contribution in [2.45, 2.75) is 27.7 Å². The normalized spacial score (nSPS) is 11.4. The number of halogens is 2. The molecule has 0 spiro atoms. The number of nitrogens with zero attached hydrogens (tertiary/aromatic N) is 4. The second kappa shape index (κ2) is 13.4. The van der Waals surface area contributed by atoms with Crippen molar-refractivity contribution >= 4 is 58.4 Å². The van der Waals surface area contributed by atoms with Gasteiger partial charge in [0.15, 0.2) is 0 Å². The smallest absolute Gasteiger partial charge is 0.315 e. The Morgan fingerprint density at radius 3 is 1.33 bits per heavy atom. The van der Waals surface area contributed by atoms with Crippen LogP contribution in [0.4, 0.5) is 22.7 Å². The van der Waals surface area contributed by atoms with E-state index in [2.05, 4.69) is 9.98 Å². The van der Waals surface area contributed by atoms with E-state index in [9.17, 15) is 30.4 Å². The molecule has 0 fully saturated rings. The summed E-state index contributed by atoms with van der Waals surface area (Å²) < 4.78 is 11.1. The van der Waals surface area contributed by atoms with Gasteiger partial charge in [0.2, 0.25) is 11.5 Å². The maximum Gasteiger partial charge on any atom is 0.315 e. The van der Waals surface area contributed by atoms with Crippen LogP contribution in [0.3, 0.4) is 0 Å². The van der Waals surface area contributed by atoms with Gasteiger partial charge in [-0.1, -0.05) is 35.3 Å². The molecule has 4 aromatic rings. The number of aliphatic imine (C=N–C) groups is 2. The predicted octanol–water partition coefficient (Wildman–Crippen LogP) is 8.64. The van der Waals surface area contributed by atoms with Crippen molar-refractivity contribution in [2.75, 3.05) is 14.2 Å². The van der Waals surface area contributed by atoms with E-state index in [0.717, 1.165) is 11.1 Å². The van der Waals surface area contributed by atoms with Crippen molar-refractivity contribution in [3.63, 3.8) is 0 Å². The highest BCUT2D eigenvalue weighted by Crippen LogP contribution is 2.43. The topological polar surface area (TPSA) is 170 Å². The van der Waals surface area contributed by atoms with E-state index in [0.29, 0.717) is 34.0 Å². The molecule has 12 nitrogen and oxygen atoms in total. The molecular formula is C32H28Cl2N4O8. The minimum atomic E-state index is -0.692. The van der Waals surface area contributed by atoms with Crippen LogP contribution in [0.1, 0.15) is 33.4 Å². The maximum absolute atomic E-state index is 11.5. The number of hydrogen-bond donors (Lipinski definition) is 2. The van der Waals surface area contributed by atoms with Crippen LogP contribution >= 0.6 is 23.2 Å². The molecule has 0 amide bonds. The fraction of sp³-hybridized carbons (Fsp3) is 0.188. The number of methoxy groups -OCH3 is 2. The van der Waals surface area contributed by atoms with Gasteiger partial charge in [-0.15, -0.1) is 0 Å². The van der Waals surface area contributed by atoms with Gasteiger partial charge in [0.05, 0.1) is 34.1 Å². The number of ether oxygens (including phenoxy) is 2. The first kappa shape index (κ1) is 33.7. The van der Waals surface area contributed by atoms with Gasteiger partial charge in [0.25, 0.3) is 0 Å². The molecule has 4 rings (SSSR count). The monoisotopic (exact) mass is 666 g/mol. The molecule has 0 saturated carbocycles. The van der Waals surface area contributed by atoms with Crippen molar-refractivity contribution in [2.24, 2.45) is 9.98 Å². The molecule has 238 valence electrons. The Balaban J connectivity index is 1.70. The number of benzene rings is 4. The van der Waals surface area contributed by atoms with E-state index in [1.807, 2.05) is 0 Å². The van der Waals surface area contributed by atoms with Crippen molar-refractivity contribution in [3.05, 3.63) is 100 Å². The van der Waals surface area contributed by atoms with Crippen LogP contribution in [-0.2, 0) is 0 Å². The Bertz CT molecular complexity index is 1830. The Morgan fingerprint density at radius 1 is 0.674 bits per heavy atom. The molecule has 0 heterocycles. The number of aromatic hydroxyl groups is 2. The second-order valence-electron chi connectivity index (χ2n) is 10.2. The van der Waals surface area contributed by atoms with Crippen LogP contribution < -0.4 is 9.47 Å². The van der Waals surface area contributed by atoms with E-state index < -0.39 is 32.7 Å². The summed E-state index contributed by atoms with van der Waals surface area (Å²) in [6.45, 7) is 6.18. The van der Waals surface area contributed by atoms with Crippen LogP contribution in [0.5, 0.6) is 23.0 Å². The highest BCUT2D eigenvalue weighted by Gasteiger charge is 2.27. The highest BCUT2D eigenvalue weighted by atomic mass is 35.5. The van der Waals surface area contributed by atoms with Crippen molar-refractivity contribution in [3.8, 4) is 34.1 Å². The zero-order valence-corrected chi connectivity index (χ0v) is 27.0. The lowest BCUT2D eigenvalue weighted by atomic mass is 10.0. The average Bonchev–Trinajstić information content (AvgIpc) is 3.02. The van der Waals surface area contributed by atoms with Crippen molar-refractivity contribution in [1.82, 2.24) is 0 Å². The van der Waals surface area contributed by atoms with Gasteiger partial charge in [0, 0.05) is 34.7 Å². The Hall–Kier alpha value is -5.20. The molecular weight excluding hydrogens is 639 g/mol. The summed E-state index contributed by atoms with van der Waals surface area (Å²) in [4.78, 5) is 30.5. The summed E-state index contributed by atoms with van der Waals surface area (Å²) in [7, 11) is 2.93. The third-order valence-electron chi connectivity index (χ3n) is 7.52. The Labute approximate surface area is 273 Å². The zero-order valence-electron chi connectivity index (χ0n) is 25.5. The number of phenols is 2. The summed E-state index contributed by atoms with van der Waals surface area (Å²) in [5.41, 5.74) is 2.66. The van der Waals surface area contributed by atoms with E-state index in [1.54, 1.807) is 50.2 Å². The van der Waals surface area contributed by atoms with E-state index in [-0.39, 0.29) is 32.3 Å². The highest BCUT2D eigenvalue weighted by molar-refractivity contribution is 6.33. The molecule has 0 atom stereocenters. The lowest BCUT2D eigenvalue weighted by Gasteiger charge is -2.12. The molecule has 46 heavy (non-hydrogen) atoms. The van der Waals surface area contributed by atoms with E-state index in [4.69, 9.17) is 32.7 Å². The minimum Gasteiger partial charge on any atom is -0.502 e. The maximum atomic E-state index is 11.5. The summed E-state index contributed by atoms with van der Waals surface area (Å²) in [5, 5.41) is 44.6. The third-order valence-corrected chi connectivity index (χ3v) is 8.65. The molecule has 0 bridgehead atoms. The molecule has 0 aliphatic heterocycles. The van der Waals surface area contributed by atoms with E-state index in [1.165, 1.54) is 40.5 Å². The molecule has 4 aromatic carbocycles. The molecule has 2 N–H and O–H groups in total. The van der Waals surface area contributed by atoms with Gasteiger partial charge in [0.1, 0.15) is 22.9 Å². The van der Waals surface area contributed by atoms with Crippen LogP contribution in [0.2, 0.25) is 10.0 Å². The van der Waals surface area contributed by atoms with Gasteiger partial charge in [-0.2, -0.15) is 0 Å². The van der Waals surface area contributed by atoms with Crippen LogP contribution in [0.25, 0.3) is 11.1 Å². The summed E-state index contributed by atoms with van der Waals surface area (Å²) in [6.07, 6.45) is 2.59. The predicted molar refractivity (Wildman–Crippen MR) is 178 cm³/mol. The number of phenolic OH excluding ortho intramolecular Hbond substituents is 2. The Kier molecular flexibility index (Phi) is 9.83. The summed E-state index contributed by atoms with van der Waals surface area (Å²) >= 11 is 12.6. The largest absolute Gasteiger partial charge is 0.502 e. The second-order valence-corrected chi connectivity index (χ2v) is 10.9. The van der Waals surface area contributed by atoms with Crippen LogP contribution in [0.15, 0.2) is 46.4 Å². The first-order chi connectivity index (χ1) is 21.7. The van der Waals surface area contributed by atoms with Crippen LogP contribution in [0, 0.1) is 47.9 Å². The zero-order chi connectivity index (χ0) is 34.0. The van der Waals surface area contributed by atoms with Crippen molar-refractivity contribution < 1.29 is 29.5 Å². The number of nitro benzene ring substituents is 2. The van der Waals surface area contributed by atoms with Gasteiger partial charge in [-0.05, 0) is 74.2 Å². The van der Waals surface area contributed by atoms with Gasteiger partial charge >= 0.3 is 11.4 Å². The number of nitro groups is 2. The molecule has 0 radical (unpaired) electrons. The quantitative estimate of drug-likeness (QED) is 0.101. The first-order valence-electron chi connectivity index (χ1n) is 13.5. The molecule has 14 heteroatoms. The molecule has 0 saturated heterocycles. The lowest BCUT2D eigenvalue weighted by Crippen LogP contribution is -2.00. The number of hydrogen-bond acceptors (Lipinski definition) is 10. The molecule has 0 aliphatic rings. The molecule has 0 aromatic heterocycles. The van der Waals surface area contributed by atoms with E-state index >= 15 is 0 Å².